The van der Waals surface area contributed by atoms with Gasteiger partial charge in [0.2, 0.25) is 0 Å². The topological polar surface area (TPSA) is 24.9 Å². The first-order valence-electron chi connectivity index (χ1n) is 6.80. The molecule has 0 aliphatic rings. The summed E-state index contributed by atoms with van der Waals surface area (Å²) >= 11 is 1.81. The van der Waals surface area contributed by atoms with Crippen molar-refractivity contribution >= 4 is 11.3 Å². The number of thiazole rings is 1. The molecular weight excluding hydrogens is 252 g/mol. The van der Waals surface area contributed by atoms with Crippen LogP contribution in [0.4, 0.5) is 0 Å². The van der Waals surface area contributed by atoms with Gasteiger partial charge in [0.15, 0.2) is 0 Å². The zero-order chi connectivity index (χ0) is 13.8. The highest BCUT2D eigenvalue weighted by Crippen LogP contribution is 2.26. The van der Waals surface area contributed by atoms with Gasteiger partial charge in [-0.2, -0.15) is 0 Å². The summed E-state index contributed by atoms with van der Waals surface area (Å²) in [4.78, 5) is 6.03. The van der Waals surface area contributed by atoms with Gasteiger partial charge in [-0.05, 0) is 25.8 Å². The number of nitrogens with zero attached hydrogens (tertiary/aromatic N) is 1. The second kappa shape index (κ2) is 6.31. The SMILES string of the molecule is Cc1nc(C(Cc2ccccc2)NC(C)C)sc1C. The van der Waals surface area contributed by atoms with Crippen LogP contribution in [0.2, 0.25) is 0 Å². The molecule has 0 bridgehead atoms. The summed E-state index contributed by atoms with van der Waals surface area (Å²) in [5.74, 6) is 0. The summed E-state index contributed by atoms with van der Waals surface area (Å²) in [5, 5.41) is 4.83. The van der Waals surface area contributed by atoms with Crippen molar-refractivity contribution in [2.45, 2.75) is 46.2 Å². The number of rotatable bonds is 5. The van der Waals surface area contributed by atoms with E-state index in [4.69, 9.17) is 4.98 Å². The van der Waals surface area contributed by atoms with E-state index in [0.717, 1.165) is 12.1 Å². The molecule has 3 heteroatoms. The second-order valence-corrected chi connectivity index (χ2v) is 6.49. The fourth-order valence-electron chi connectivity index (χ4n) is 2.12. The summed E-state index contributed by atoms with van der Waals surface area (Å²) in [6, 6.07) is 11.4. The molecule has 0 amide bonds. The van der Waals surface area contributed by atoms with Gasteiger partial charge >= 0.3 is 0 Å². The summed E-state index contributed by atoms with van der Waals surface area (Å²) < 4.78 is 0. The number of hydrogen-bond acceptors (Lipinski definition) is 3. The van der Waals surface area contributed by atoms with Crippen molar-refractivity contribution in [1.29, 1.82) is 0 Å². The molecule has 102 valence electrons. The Balaban J connectivity index is 2.21. The lowest BCUT2D eigenvalue weighted by atomic mass is 10.1. The van der Waals surface area contributed by atoms with Crippen molar-refractivity contribution < 1.29 is 0 Å². The molecule has 1 N–H and O–H groups in total. The predicted molar refractivity (Wildman–Crippen MR) is 82.7 cm³/mol. The van der Waals surface area contributed by atoms with Crippen LogP contribution in [-0.4, -0.2) is 11.0 Å². The Kier molecular flexibility index (Phi) is 4.72. The maximum absolute atomic E-state index is 4.72. The Hall–Kier alpha value is -1.19. The summed E-state index contributed by atoms with van der Waals surface area (Å²) in [7, 11) is 0. The van der Waals surface area contributed by atoms with Gasteiger partial charge in [-0.3, -0.25) is 0 Å². The van der Waals surface area contributed by atoms with Crippen molar-refractivity contribution in [3.63, 3.8) is 0 Å². The molecule has 1 aromatic carbocycles. The lowest BCUT2D eigenvalue weighted by molar-refractivity contribution is 0.472. The van der Waals surface area contributed by atoms with E-state index in [2.05, 4.69) is 63.3 Å². The van der Waals surface area contributed by atoms with E-state index >= 15 is 0 Å². The zero-order valence-corrected chi connectivity index (χ0v) is 12.9. The summed E-state index contributed by atoms with van der Waals surface area (Å²) in [6.07, 6.45) is 0.991. The lowest BCUT2D eigenvalue weighted by Crippen LogP contribution is -2.29. The van der Waals surface area contributed by atoms with Gasteiger partial charge in [0, 0.05) is 10.9 Å². The first-order valence-corrected chi connectivity index (χ1v) is 7.62. The van der Waals surface area contributed by atoms with Crippen molar-refractivity contribution in [3.05, 3.63) is 51.5 Å². The molecule has 19 heavy (non-hydrogen) atoms. The van der Waals surface area contributed by atoms with Crippen molar-refractivity contribution in [1.82, 2.24) is 10.3 Å². The average Bonchev–Trinajstić information content (AvgIpc) is 2.70. The largest absolute Gasteiger partial charge is 0.305 e. The van der Waals surface area contributed by atoms with E-state index in [0.29, 0.717) is 12.1 Å². The highest BCUT2D eigenvalue weighted by atomic mass is 32.1. The first-order chi connectivity index (χ1) is 9.06. The van der Waals surface area contributed by atoms with Crippen LogP contribution in [0.5, 0.6) is 0 Å². The molecule has 1 unspecified atom stereocenters. The van der Waals surface area contributed by atoms with Crippen molar-refractivity contribution in [3.8, 4) is 0 Å². The molecule has 0 radical (unpaired) electrons. The lowest BCUT2D eigenvalue weighted by Gasteiger charge is -2.19. The van der Waals surface area contributed by atoms with Gasteiger partial charge in [0.1, 0.15) is 5.01 Å². The number of aromatic nitrogens is 1. The number of benzene rings is 1. The van der Waals surface area contributed by atoms with Crippen LogP contribution in [0.25, 0.3) is 0 Å². The number of nitrogens with one attached hydrogen (secondary N) is 1. The van der Waals surface area contributed by atoms with Gasteiger partial charge in [0.25, 0.3) is 0 Å². The molecule has 2 aromatic rings. The summed E-state index contributed by atoms with van der Waals surface area (Å²) in [6.45, 7) is 8.60. The molecule has 0 aliphatic carbocycles. The highest BCUT2D eigenvalue weighted by molar-refractivity contribution is 7.11. The standard InChI is InChI=1S/C16H22N2S/c1-11(2)17-15(10-14-8-6-5-7-9-14)16-18-12(3)13(4)19-16/h5-9,11,15,17H,10H2,1-4H3. The third kappa shape index (κ3) is 3.88. The molecular formula is C16H22N2S. The summed E-state index contributed by atoms with van der Waals surface area (Å²) in [5.41, 5.74) is 2.51. The van der Waals surface area contributed by atoms with Crippen molar-refractivity contribution in [2.75, 3.05) is 0 Å². The van der Waals surface area contributed by atoms with E-state index < -0.39 is 0 Å². The minimum Gasteiger partial charge on any atom is -0.305 e. The first kappa shape index (κ1) is 14.2. The molecule has 1 heterocycles. The molecule has 1 aromatic heterocycles. The van der Waals surface area contributed by atoms with E-state index in [9.17, 15) is 0 Å². The third-order valence-corrected chi connectivity index (χ3v) is 4.35. The molecule has 0 saturated heterocycles. The van der Waals surface area contributed by atoms with Gasteiger partial charge in [0.05, 0.1) is 11.7 Å². The van der Waals surface area contributed by atoms with Crippen LogP contribution in [-0.2, 0) is 6.42 Å². The molecule has 2 nitrogen and oxygen atoms in total. The minimum absolute atomic E-state index is 0.305. The fourth-order valence-corrected chi connectivity index (χ4v) is 3.10. The highest BCUT2D eigenvalue weighted by Gasteiger charge is 2.17. The smallest absolute Gasteiger partial charge is 0.110 e. The Bertz CT molecular complexity index is 497. The Morgan fingerprint density at radius 2 is 1.84 bits per heavy atom. The van der Waals surface area contributed by atoms with Gasteiger partial charge in [-0.1, -0.05) is 44.2 Å². The number of aryl methyl sites for hydroxylation is 2. The van der Waals surface area contributed by atoms with E-state index in [-0.39, 0.29) is 0 Å². The van der Waals surface area contributed by atoms with Crippen LogP contribution in [0.3, 0.4) is 0 Å². The van der Waals surface area contributed by atoms with E-state index in [1.807, 2.05) is 11.3 Å². The quantitative estimate of drug-likeness (QED) is 0.890. The maximum atomic E-state index is 4.72. The maximum Gasteiger partial charge on any atom is 0.110 e. The van der Waals surface area contributed by atoms with Crippen LogP contribution in [0, 0.1) is 13.8 Å². The average molecular weight is 274 g/mol. The van der Waals surface area contributed by atoms with Crippen LogP contribution >= 0.6 is 11.3 Å². The Morgan fingerprint density at radius 3 is 2.37 bits per heavy atom. The van der Waals surface area contributed by atoms with Crippen molar-refractivity contribution in [2.24, 2.45) is 0 Å². The third-order valence-electron chi connectivity index (χ3n) is 3.16. The second-order valence-electron chi connectivity index (χ2n) is 5.26. The van der Waals surface area contributed by atoms with Gasteiger partial charge < -0.3 is 5.32 Å². The van der Waals surface area contributed by atoms with Crippen LogP contribution < -0.4 is 5.32 Å². The van der Waals surface area contributed by atoms with Gasteiger partial charge in [-0.25, -0.2) is 4.98 Å². The normalized spacial score (nSPS) is 12.9. The predicted octanol–water partition coefficient (Wildman–Crippen LogP) is 4.04. The van der Waals surface area contributed by atoms with Gasteiger partial charge in [-0.15, -0.1) is 11.3 Å². The number of hydrogen-bond donors (Lipinski definition) is 1. The Labute approximate surface area is 119 Å². The van der Waals surface area contributed by atoms with Crippen LogP contribution in [0.15, 0.2) is 30.3 Å². The Morgan fingerprint density at radius 1 is 1.16 bits per heavy atom. The fraction of sp³-hybridized carbons (Fsp3) is 0.438. The molecule has 0 spiro atoms. The van der Waals surface area contributed by atoms with E-state index in [1.165, 1.54) is 15.4 Å². The molecule has 0 aliphatic heterocycles. The molecule has 0 fully saturated rings. The van der Waals surface area contributed by atoms with Crippen LogP contribution in [0.1, 0.15) is 41.0 Å². The molecule has 0 saturated carbocycles. The molecule has 1 atom stereocenters. The van der Waals surface area contributed by atoms with E-state index in [1.54, 1.807) is 0 Å². The minimum atomic E-state index is 0.305. The monoisotopic (exact) mass is 274 g/mol. The zero-order valence-electron chi connectivity index (χ0n) is 12.1. The molecule has 2 rings (SSSR count).